The fraction of sp³-hybridized carbons (Fsp3) is 0.429. The highest BCUT2D eigenvalue weighted by molar-refractivity contribution is 5.37. The van der Waals surface area contributed by atoms with E-state index in [-0.39, 0.29) is 6.10 Å². The van der Waals surface area contributed by atoms with Crippen LogP contribution in [0.2, 0.25) is 0 Å². The van der Waals surface area contributed by atoms with Crippen molar-refractivity contribution >= 4 is 0 Å². The Morgan fingerprint density at radius 3 is 2.75 bits per heavy atom. The number of rotatable bonds is 1. The third kappa shape index (κ3) is 5.28. The van der Waals surface area contributed by atoms with Gasteiger partial charge in [0.15, 0.2) is 6.29 Å². The van der Waals surface area contributed by atoms with Crippen LogP contribution < -0.4 is 0 Å². The molecular formula is C14H14O2. The Kier molecular flexibility index (Phi) is 5.90. The van der Waals surface area contributed by atoms with Gasteiger partial charge in [0.2, 0.25) is 0 Å². The van der Waals surface area contributed by atoms with Gasteiger partial charge in [-0.25, -0.2) is 0 Å². The van der Waals surface area contributed by atoms with Gasteiger partial charge in [-0.05, 0) is 62.0 Å². The van der Waals surface area contributed by atoms with Crippen molar-refractivity contribution in [3.8, 4) is 35.5 Å². The maximum absolute atomic E-state index is 9.25. The van der Waals surface area contributed by atoms with Gasteiger partial charge >= 0.3 is 0 Å². The first-order valence-corrected chi connectivity index (χ1v) is 5.25. The summed E-state index contributed by atoms with van der Waals surface area (Å²) in [5.41, 5.74) is 0. The molecule has 1 N–H and O–H groups in total. The predicted molar refractivity (Wildman–Crippen MR) is 62.9 cm³/mol. The second kappa shape index (κ2) is 7.61. The zero-order chi connectivity index (χ0) is 11.6. The Morgan fingerprint density at radius 2 is 2.00 bits per heavy atom. The first-order valence-electron chi connectivity index (χ1n) is 5.25. The first kappa shape index (κ1) is 12.4. The molecule has 1 fully saturated rings. The summed E-state index contributed by atoms with van der Waals surface area (Å²) < 4.78 is 5.27. The summed E-state index contributed by atoms with van der Waals surface area (Å²) in [6.45, 7) is 1.73. The molecule has 0 aromatic heterocycles. The van der Waals surface area contributed by atoms with E-state index in [0.29, 0.717) is 0 Å². The Bertz CT molecular complexity index is 415. The Hall–Kier alpha value is -1.66. The monoisotopic (exact) mass is 214 g/mol. The summed E-state index contributed by atoms with van der Waals surface area (Å²) in [5.74, 6) is 15.9. The van der Waals surface area contributed by atoms with Gasteiger partial charge in [0.1, 0.15) is 0 Å². The Labute approximate surface area is 96.7 Å². The van der Waals surface area contributed by atoms with Gasteiger partial charge in [0.05, 0.1) is 6.10 Å². The quantitative estimate of drug-likeness (QED) is 0.670. The molecule has 0 unspecified atom stereocenters. The van der Waals surface area contributed by atoms with E-state index in [4.69, 9.17) is 4.74 Å². The molecule has 0 radical (unpaired) electrons. The highest BCUT2D eigenvalue weighted by atomic mass is 16.6. The van der Waals surface area contributed by atoms with Crippen LogP contribution in [0.15, 0.2) is 12.2 Å². The smallest absolute Gasteiger partial charge is 0.155 e. The first-order chi connectivity index (χ1) is 7.83. The lowest BCUT2D eigenvalue weighted by Crippen LogP contribution is -2.25. The zero-order valence-electron chi connectivity index (χ0n) is 9.29. The molecule has 0 saturated carbocycles. The van der Waals surface area contributed by atoms with Crippen LogP contribution in [-0.2, 0) is 4.74 Å². The summed E-state index contributed by atoms with van der Waals surface area (Å²) in [6.07, 6.45) is 5.53. The van der Waals surface area contributed by atoms with Crippen molar-refractivity contribution in [2.24, 2.45) is 0 Å². The van der Waals surface area contributed by atoms with E-state index >= 15 is 0 Å². The van der Waals surface area contributed by atoms with E-state index in [1.54, 1.807) is 13.0 Å². The minimum absolute atomic E-state index is 0.0264. The van der Waals surface area contributed by atoms with Crippen LogP contribution in [0.3, 0.4) is 0 Å². The number of aliphatic hydroxyl groups excluding tert-OH is 1. The minimum Gasteiger partial charge on any atom is -0.368 e. The van der Waals surface area contributed by atoms with Crippen LogP contribution in [-0.4, -0.2) is 17.5 Å². The predicted octanol–water partition coefficient (Wildman–Crippen LogP) is 1.46. The van der Waals surface area contributed by atoms with Gasteiger partial charge < -0.3 is 9.84 Å². The maximum Gasteiger partial charge on any atom is 0.155 e. The van der Waals surface area contributed by atoms with Crippen molar-refractivity contribution in [1.82, 2.24) is 0 Å². The molecule has 2 heteroatoms. The standard InChI is InChI=1S/C14H14O2/c1-2-3-4-5-6-7-8-10-13-11-9-12-14(15)16-13/h8,10,13-15H,9,11-12H2,1H3/b10-8+/t13-,14+/m1/s1. The molecule has 0 aliphatic carbocycles. The summed E-state index contributed by atoms with van der Waals surface area (Å²) in [6, 6.07) is 0. The maximum atomic E-state index is 9.25. The third-order valence-corrected chi connectivity index (χ3v) is 2.05. The number of allylic oxidation sites excluding steroid dienone is 1. The Morgan fingerprint density at radius 1 is 1.19 bits per heavy atom. The van der Waals surface area contributed by atoms with Crippen LogP contribution in [0.25, 0.3) is 0 Å². The van der Waals surface area contributed by atoms with Crippen molar-refractivity contribution in [3.05, 3.63) is 12.2 Å². The van der Waals surface area contributed by atoms with E-state index in [1.807, 2.05) is 6.08 Å². The van der Waals surface area contributed by atoms with E-state index in [0.717, 1.165) is 19.3 Å². The third-order valence-electron chi connectivity index (χ3n) is 2.05. The fourth-order valence-electron chi connectivity index (χ4n) is 1.33. The average molecular weight is 214 g/mol. The van der Waals surface area contributed by atoms with Crippen LogP contribution in [0.4, 0.5) is 0 Å². The summed E-state index contributed by atoms with van der Waals surface area (Å²) in [7, 11) is 0. The molecule has 1 aliphatic rings. The van der Waals surface area contributed by atoms with Crippen LogP contribution in [0, 0.1) is 35.5 Å². The minimum atomic E-state index is -0.629. The average Bonchev–Trinajstić information content (AvgIpc) is 2.28. The number of ether oxygens (including phenoxy) is 1. The highest BCUT2D eigenvalue weighted by Crippen LogP contribution is 2.17. The molecule has 0 amide bonds. The van der Waals surface area contributed by atoms with Crippen molar-refractivity contribution in [3.63, 3.8) is 0 Å². The Balaban J connectivity index is 2.36. The molecular weight excluding hydrogens is 200 g/mol. The fourth-order valence-corrected chi connectivity index (χ4v) is 1.33. The van der Waals surface area contributed by atoms with Crippen molar-refractivity contribution < 1.29 is 9.84 Å². The van der Waals surface area contributed by atoms with Gasteiger partial charge in [-0.3, -0.25) is 0 Å². The molecule has 2 atom stereocenters. The molecule has 1 saturated heterocycles. The molecule has 0 bridgehead atoms. The zero-order valence-corrected chi connectivity index (χ0v) is 9.29. The van der Waals surface area contributed by atoms with E-state index in [2.05, 4.69) is 35.5 Å². The van der Waals surface area contributed by atoms with Crippen LogP contribution in [0.1, 0.15) is 26.2 Å². The highest BCUT2D eigenvalue weighted by Gasteiger charge is 2.17. The molecule has 1 aliphatic heterocycles. The van der Waals surface area contributed by atoms with Crippen molar-refractivity contribution in [2.75, 3.05) is 0 Å². The van der Waals surface area contributed by atoms with Crippen molar-refractivity contribution in [2.45, 2.75) is 38.6 Å². The largest absolute Gasteiger partial charge is 0.368 e. The van der Waals surface area contributed by atoms with Crippen LogP contribution in [0.5, 0.6) is 0 Å². The van der Waals surface area contributed by atoms with Crippen molar-refractivity contribution in [1.29, 1.82) is 0 Å². The second-order valence-corrected chi connectivity index (χ2v) is 3.31. The number of hydrogen-bond donors (Lipinski definition) is 1. The SMILES string of the molecule is CC#CC#CC#C/C=C/[C@@H]1CCC[C@@H](O)O1. The summed E-state index contributed by atoms with van der Waals surface area (Å²) in [5, 5.41) is 9.25. The molecule has 82 valence electrons. The van der Waals surface area contributed by atoms with Crippen LogP contribution >= 0.6 is 0 Å². The molecule has 1 rings (SSSR count). The summed E-state index contributed by atoms with van der Waals surface area (Å²) >= 11 is 0. The summed E-state index contributed by atoms with van der Waals surface area (Å²) in [4.78, 5) is 0. The molecule has 0 aromatic carbocycles. The molecule has 1 heterocycles. The van der Waals surface area contributed by atoms with E-state index < -0.39 is 6.29 Å². The van der Waals surface area contributed by atoms with Gasteiger partial charge in [0.25, 0.3) is 0 Å². The topological polar surface area (TPSA) is 29.5 Å². The normalized spacial score (nSPS) is 23.4. The van der Waals surface area contributed by atoms with Gasteiger partial charge in [-0.1, -0.05) is 11.8 Å². The lowest BCUT2D eigenvalue weighted by Gasteiger charge is -2.23. The lowest BCUT2D eigenvalue weighted by atomic mass is 10.1. The lowest BCUT2D eigenvalue weighted by molar-refractivity contribution is -0.147. The molecule has 0 aromatic rings. The molecule has 0 spiro atoms. The van der Waals surface area contributed by atoms with E-state index in [1.165, 1.54) is 0 Å². The van der Waals surface area contributed by atoms with Gasteiger partial charge in [-0.2, -0.15) is 0 Å². The second-order valence-electron chi connectivity index (χ2n) is 3.31. The number of hydrogen-bond acceptors (Lipinski definition) is 2. The van der Waals surface area contributed by atoms with Gasteiger partial charge in [-0.15, -0.1) is 0 Å². The van der Waals surface area contributed by atoms with Gasteiger partial charge in [0, 0.05) is 0 Å². The van der Waals surface area contributed by atoms with E-state index in [9.17, 15) is 5.11 Å². The molecule has 16 heavy (non-hydrogen) atoms. The number of aliphatic hydroxyl groups is 1. The molecule has 2 nitrogen and oxygen atoms in total.